The lowest BCUT2D eigenvalue weighted by Gasteiger charge is -2.14. The standard InChI is InChI=1S/C18H20N6O3S/c1-27-12-7-10-9(6-11(12)15(19)26)14-17(28-18(20)23-14)24-16(10)21-5-4-8-2-3-13(25)22-8/h6-8H,2-5H2,1H3,(H2,19,26)(H2,20,23)(H,21,24)(H,22,25)/t8-/m0/s1. The summed E-state index contributed by atoms with van der Waals surface area (Å²) in [6.07, 6.45) is 2.20. The van der Waals surface area contributed by atoms with Gasteiger partial charge in [0, 0.05) is 29.8 Å². The van der Waals surface area contributed by atoms with Crippen molar-refractivity contribution in [3.63, 3.8) is 0 Å². The number of primary amides is 1. The third-order valence-corrected chi connectivity index (χ3v) is 5.60. The number of fused-ring (bicyclic) bond motifs is 3. The Bertz CT molecular complexity index is 1100. The van der Waals surface area contributed by atoms with Crippen LogP contribution in [0.15, 0.2) is 12.1 Å². The van der Waals surface area contributed by atoms with Crippen molar-refractivity contribution in [2.45, 2.75) is 25.3 Å². The van der Waals surface area contributed by atoms with E-state index in [9.17, 15) is 9.59 Å². The van der Waals surface area contributed by atoms with Gasteiger partial charge in [-0.15, -0.1) is 0 Å². The normalized spacial score (nSPS) is 16.5. The molecule has 3 heterocycles. The molecule has 1 aliphatic heterocycles. The Morgan fingerprint density at radius 2 is 2.21 bits per heavy atom. The number of nitrogen functional groups attached to an aromatic ring is 1. The molecular weight excluding hydrogens is 380 g/mol. The molecule has 0 saturated carbocycles. The second-order valence-electron chi connectivity index (χ2n) is 6.65. The number of anilines is 2. The van der Waals surface area contributed by atoms with Crippen LogP contribution in [0.25, 0.3) is 21.1 Å². The molecule has 2 amide bonds. The van der Waals surface area contributed by atoms with Crippen LogP contribution < -0.4 is 26.8 Å². The monoisotopic (exact) mass is 400 g/mol. The smallest absolute Gasteiger partial charge is 0.252 e. The second-order valence-corrected chi connectivity index (χ2v) is 7.66. The molecule has 0 aliphatic carbocycles. The first-order chi connectivity index (χ1) is 13.5. The molecule has 1 aromatic carbocycles. The van der Waals surface area contributed by atoms with Crippen LogP contribution in [0, 0.1) is 0 Å². The molecule has 1 atom stereocenters. The fourth-order valence-electron chi connectivity index (χ4n) is 3.47. The molecule has 1 fully saturated rings. The summed E-state index contributed by atoms with van der Waals surface area (Å²) in [5, 5.41) is 8.17. The maximum Gasteiger partial charge on any atom is 0.252 e. The first kappa shape index (κ1) is 18.2. The van der Waals surface area contributed by atoms with Crippen LogP contribution in [0.2, 0.25) is 0 Å². The Hall–Kier alpha value is -3.14. The van der Waals surface area contributed by atoms with E-state index in [0.717, 1.165) is 23.6 Å². The van der Waals surface area contributed by atoms with Gasteiger partial charge in [-0.2, -0.15) is 0 Å². The highest BCUT2D eigenvalue weighted by Crippen LogP contribution is 2.36. The Balaban J connectivity index is 1.75. The van der Waals surface area contributed by atoms with Crippen molar-refractivity contribution in [2.75, 3.05) is 24.7 Å². The molecule has 9 nitrogen and oxygen atoms in total. The van der Waals surface area contributed by atoms with Gasteiger partial charge in [0.2, 0.25) is 5.91 Å². The van der Waals surface area contributed by atoms with E-state index in [0.29, 0.717) is 40.0 Å². The molecule has 3 aromatic rings. The van der Waals surface area contributed by atoms with E-state index in [1.165, 1.54) is 18.4 Å². The largest absolute Gasteiger partial charge is 0.496 e. The first-order valence-corrected chi connectivity index (χ1v) is 9.68. The van der Waals surface area contributed by atoms with Gasteiger partial charge in [-0.1, -0.05) is 11.3 Å². The minimum absolute atomic E-state index is 0.0962. The number of hydrogen-bond donors (Lipinski definition) is 4. The van der Waals surface area contributed by atoms with E-state index in [2.05, 4.69) is 20.6 Å². The van der Waals surface area contributed by atoms with Crippen LogP contribution in [-0.2, 0) is 4.79 Å². The third-order valence-electron chi connectivity index (χ3n) is 4.82. The van der Waals surface area contributed by atoms with Crippen LogP contribution in [0.5, 0.6) is 5.75 Å². The molecule has 10 heteroatoms. The second kappa shape index (κ2) is 7.12. The summed E-state index contributed by atoms with van der Waals surface area (Å²) in [4.78, 5) is 32.9. The summed E-state index contributed by atoms with van der Waals surface area (Å²) < 4.78 is 5.34. The predicted octanol–water partition coefficient (Wildman–Crippen LogP) is 1.61. The number of amides is 2. The summed E-state index contributed by atoms with van der Waals surface area (Å²) in [6, 6.07) is 3.57. The van der Waals surface area contributed by atoms with Crippen molar-refractivity contribution in [1.82, 2.24) is 15.3 Å². The number of carbonyl (C=O) groups excluding carboxylic acids is 2. The lowest BCUT2D eigenvalue weighted by molar-refractivity contribution is -0.119. The minimum Gasteiger partial charge on any atom is -0.496 e. The minimum atomic E-state index is -0.585. The van der Waals surface area contributed by atoms with E-state index in [1.54, 1.807) is 12.1 Å². The molecule has 2 aromatic heterocycles. The summed E-state index contributed by atoms with van der Waals surface area (Å²) in [7, 11) is 1.48. The topological polar surface area (TPSA) is 145 Å². The quantitative estimate of drug-likeness (QED) is 0.492. The molecule has 0 spiro atoms. The summed E-state index contributed by atoms with van der Waals surface area (Å²) >= 11 is 1.28. The number of methoxy groups -OCH3 is 1. The molecule has 1 saturated heterocycles. The molecule has 28 heavy (non-hydrogen) atoms. The van der Waals surface area contributed by atoms with E-state index in [1.807, 2.05) is 0 Å². The van der Waals surface area contributed by atoms with Gasteiger partial charge in [0.25, 0.3) is 5.91 Å². The Morgan fingerprint density at radius 1 is 1.39 bits per heavy atom. The number of aromatic nitrogens is 2. The number of benzene rings is 1. The molecule has 0 unspecified atom stereocenters. The molecule has 4 rings (SSSR count). The molecule has 6 N–H and O–H groups in total. The number of nitrogens with two attached hydrogens (primary N) is 2. The van der Waals surface area contributed by atoms with Crippen molar-refractivity contribution in [3.8, 4) is 5.75 Å². The van der Waals surface area contributed by atoms with Gasteiger partial charge in [-0.05, 0) is 25.0 Å². The summed E-state index contributed by atoms with van der Waals surface area (Å²) in [5.41, 5.74) is 12.3. The number of rotatable bonds is 6. The summed E-state index contributed by atoms with van der Waals surface area (Å²) in [5.74, 6) is 0.525. The van der Waals surface area contributed by atoms with Gasteiger partial charge in [-0.3, -0.25) is 9.59 Å². The zero-order valence-corrected chi connectivity index (χ0v) is 16.1. The van der Waals surface area contributed by atoms with Gasteiger partial charge < -0.3 is 26.8 Å². The van der Waals surface area contributed by atoms with Crippen LogP contribution >= 0.6 is 11.3 Å². The van der Waals surface area contributed by atoms with E-state index in [4.69, 9.17) is 16.2 Å². The lowest BCUT2D eigenvalue weighted by atomic mass is 10.1. The van der Waals surface area contributed by atoms with Gasteiger partial charge in [0.15, 0.2) is 5.13 Å². The van der Waals surface area contributed by atoms with Gasteiger partial charge in [-0.25, -0.2) is 9.97 Å². The molecule has 1 aliphatic rings. The molecule has 0 bridgehead atoms. The number of thiazole rings is 1. The number of pyridine rings is 1. The predicted molar refractivity (Wildman–Crippen MR) is 109 cm³/mol. The molecule has 146 valence electrons. The summed E-state index contributed by atoms with van der Waals surface area (Å²) in [6.45, 7) is 0.632. The average molecular weight is 400 g/mol. The van der Waals surface area contributed by atoms with Crippen molar-refractivity contribution in [3.05, 3.63) is 17.7 Å². The number of nitrogens with one attached hydrogen (secondary N) is 2. The van der Waals surface area contributed by atoms with Crippen molar-refractivity contribution in [1.29, 1.82) is 0 Å². The first-order valence-electron chi connectivity index (χ1n) is 8.87. The highest BCUT2D eigenvalue weighted by Gasteiger charge is 2.21. The van der Waals surface area contributed by atoms with Crippen molar-refractivity contribution >= 4 is 55.2 Å². The van der Waals surface area contributed by atoms with E-state index in [-0.39, 0.29) is 17.5 Å². The molecule has 0 radical (unpaired) electrons. The third kappa shape index (κ3) is 3.26. The highest BCUT2D eigenvalue weighted by atomic mass is 32.1. The van der Waals surface area contributed by atoms with Crippen LogP contribution in [0.1, 0.15) is 29.6 Å². The van der Waals surface area contributed by atoms with E-state index >= 15 is 0 Å². The maximum absolute atomic E-state index is 11.8. The molecular formula is C18H20N6O3S. The number of nitrogens with zero attached hydrogens (tertiary/aromatic N) is 2. The highest BCUT2D eigenvalue weighted by molar-refractivity contribution is 7.21. The Labute approximate surface area is 164 Å². The number of carbonyl (C=O) groups is 2. The van der Waals surface area contributed by atoms with Crippen LogP contribution in [0.3, 0.4) is 0 Å². The Kier molecular flexibility index (Phi) is 4.63. The van der Waals surface area contributed by atoms with E-state index < -0.39 is 5.91 Å². The zero-order chi connectivity index (χ0) is 19.8. The van der Waals surface area contributed by atoms with Gasteiger partial charge in [0.1, 0.15) is 21.9 Å². The van der Waals surface area contributed by atoms with Crippen molar-refractivity contribution < 1.29 is 14.3 Å². The number of hydrogen-bond acceptors (Lipinski definition) is 8. The van der Waals surface area contributed by atoms with Crippen LogP contribution in [0.4, 0.5) is 10.9 Å². The number of ether oxygens (including phenoxy) is 1. The SMILES string of the molecule is COc1cc2c(NCC[C@@H]3CCC(=O)N3)nc3sc(N)nc3c2cc1C(N)=O. The average Bonchev–Trinajstić information content (AvgIpc) is 3.25. The fraction of sp³-hybridized carbons (Fsp3) is 0.333. The van der Waals surface area contributed by atoms with Crippen LogP contribution in [-0.4, -0.2) is 41.5 Å². The Morgan fingerprint density at radius 3 is 2.89 bits per heavy atom. The van der Waals surface area contributed by atoms with Gasteiger partial charge in [0.05, 0.1) is 12.7 Å². The maximum atomic E-state index is 11.8. The lowest BCUT2D eigenvalue weighted by Crippen LogP contribution is -2.27. The van der Waals surface area contributed by atoms with Gasteiger partial charge >= 0.3 is 0 Å². The van der Waals surface area contributed by atoms with Crippen molar-refractivity contribution in [2.24, 2.45) is 5.73 Å². The zero-order valence-electron chi connectivity index (χ0n) is 15.2. The fourth-order valence-corrected chi connectivity index (χ4v) is 4.19.